The fraction of sp³-hybridized carbons (Fsp3) is 0.643. The predicted molar refractivity (Wildman–Crippen MR) is 82.0 cm³/mol. The molecule has 1 atom stereocenters. The maximum absolute atomic E-state index is 12.1. The molecule has 0 saturated heterocycles. The maximum Gasteiger partial charge on any atom is 0.242 e. The number of nitrogens with one attached hydrogen (secondary N) is 2. The van der Waals surface area contributed by atoms with E-state index in [1.807, 2.05) is 20.8 Å². The highest BCUT2D eigenvalue weighted by atomic mass is 35.5. The Morgan fingerprint density at radius 3 is 2.60 bits per heavy atom. The van der Waals surface area contributed by atoms with Crippen molar-refractivity contribution in [2.75, 3.05) is 5.32 Å². The topological polar surface area (TPSA) is 66.9 Å². The van der Waals surface area contributed by atoms with E-state index in [0.29, 0.717) is 11.0 Å². The summed E-state index contributed by atoms with van der Waals surface area (Å²) >= 11 is 6.09. The van der Waals surface area contributed by atoms with Crippen LogP contribution in [0.5, 0.6) is 0 Å². The highest BCUT2D eigenvalue weighted by Gasteiger charge is 2.20. The van der Waals surface area contributed by atoms with Gasteiger partial charge in [-0.2, -0.15) is 0 Å². The van der Waals surface area contributed by atoms with Crippen molar-refractivity contribution in [3.63, 3.8) is 0 Å². The Balaban J connectivity index is 2.82. The van der Waals surface area contributed by atoms with Gasteiger partial charge in [0.15, 0.2) is 0 Å². The fourth-order valence-electron chi connectivity index (χ4n) is 1.74. The van der Waals surface area contributed by atoms with Gasteiger partial charge in [-0.3, -0.25) is 4.79 Å². The molecule has 0 radical (unpaired) electrons. The zero-order chi connectivity index (χ0) is 15.3. The van der Waals surface area contributed by atoms with Crippen molar-refractivity contribution in [2.45, 2.75) is 59.0 Å². The molecule has 5 nitrogen and oxygen atoms in total. The smallest absolute Gasteiger partial charge is 0.242 e. The van der Waals surface area contributed by atoms with Gasteiger partial charge in [0, 0.05) is 11.1 Å². The van der Waals surface area contributed by atoms with Crippen LogP contribution in [-0.2, 0) is 11.2 Å². The Kier molecular flexibility index (Phi) is 5.74. The zero-order valence-corrected chi connectivity index (χ0v) is 13.5. The molecule has 6 heteroatoms. The molecule has 1 heterocycles. The number of anilines is 1. The fourth-order valence-corrected chi connectivity index (χ4v) is 1.96. The summed E-state index contributed by atoms with van der Waals surface area (Å²) in [5.41, 5.74) is 0.592. The lowest BCUT2D eigenvalue weighted by atomic mass is 10.1. The first-order valence-corrected chi connectivity index (χ1v) is 7.20. The summed E-state index contributed by atoms with van der Waals surface area (Å²) in [5, 5.41) is 6.48. The van der Waals surface area contributed by atoms with Gasteiger partial charge < -0.3 is 10.6 Å². The Morgan fingerprint density at radius 1 is 1.40 bits per heavy atom. The largest absolute Gasteiger partial charge is 0.358 e. The van der Waals surface area contributed by atoms with E-state index in [9.17, 15) is 4.79 Å². The van der Waals surface area contributed by atoms with Gasteiger partial charge in [0.25, 0.3) is 0 Å². The van der Waals surface area contributed by atoms with Crippen molar-refractivity contribution >= 4 is 23.3 Å². The van der Waals surface area contributed by atoms with Crippen LogP contribution in [0.3, 0.4) is 0 Å². The van der Waals surface area contributed by atoms with Crippen molar-refractivity contribution in [1.29, 1.82) is 0 Å². The quantitative estimate of drug-likeness (QED) is 0.820. The van der Waals surface area contributed by atoms with Gasteiger partial charge in [-0.25, -0.2) is 9.97 Å². The predicted octanol–water partition coefficient (Wildman–Crippen LogP) is 2.80. The number of carbonyl (C=O) groups is 1. The third-order valence-corrected chi connectivity index (χ3v) is 2.96. The average Bonchev–Trinajstić information content (AvgIpc) is 2.31. The number of nitrogens with zero attached hydrogens (tertiary/aromatic N) is 2. The van der Waals surface area contributed by atoms with Gasteiger partial charge in [0.1, 0.15) is 23.3 Å². The van der Waals surface area contributed by atoms with Gasteiger partial charge in [0.05, 0.1) is 0 Å². The average molecular weight is 299 g/mol. The van der Waals surface area contributed by atoms with Gasteiger partial charge in [-0.15, -0.1) is 0 Å². The van der Waals surface area contributed by atoms with E-state index in [1.165, 1.54) is 6.33 Å². The zero-order valence-electron chi connectivity index (χ0n) is 12.7. The molecule has 1 aromatic rings. The van der Waals surface area contributed by atoms with E-state index in [2.05, 4.69) is 27.5 Å². The van der Waals surface area contributed by atoms with Crippen molar-refractivity contribution in [2.24, 2.45) is 0 Å². The molecule has 112 valence electrons. The molecule has 0 aromatic carbocycles. The number of halogens is 1. The summed E-state index contributed by atoms with van der Waals surface area (Å²) in [4.78, 5) is 20.2. The summed E-state index contributed by atoms with van der Waals surface area (Å²) in [6, 6.07) is -0.393. The Bertz CT molecular complexity index is 471. The lowest BCUT2D eigenvalue weighted by Gasteiger charge is -2.24. The summed E-state index contributed by atoms with van der Waals surface area (Å²) in [6.45, 7) is 9.70. The Hall–Kier alpha value is -1.36. The first-order valence-electron chi connectivity index (χ1n) is 6.82. The molecular formula is C14H23ClN4O. The molecule has 0 fully saturated rings. The number of amides is 1. The van der Waals surface area contributed by atoms with E-state index in [4.69, 9.17) is 11.6 Å². The minimum atomic E-state index is -0.393. The molecule has 1 unspecified atom stereocenters. The molecule has 0 spiro atoms. The third kappa shape index (κ3) is 4.96. The molecule has 20 heavy (non-hydrogen) atoms. The molecule has 0 aliphatic heterocycles. The highest BCUT2D eigenvalue weighted by Crippen LogP contribution is 2.22. The molecule has 2 N–H and O–H groups in total. The van der Waals surface area contributed by atoms with E-state index in [1.54, 1.807) is 6.92 Å². The summed E-state index contributed by atoms with van der Waals surface area (Å²) in [5.74, 6) is 0.554. The van der Waals surface area contributed by atoms with Crippen molar-refractivity contribution in [3.05, 3.63) is 17.0 Å². The Morgan fingerprint density at radius 2 is 2.05 bits per heavy atom. The summed E-state index contributed by atoms with van der Waals surface area (Å²) in [6.07, 6.45) is 3.11. The molecule has 1 amide bonds. The van der Waals surface area contributed by atoms with Crippen LogP contribution < -0.4 is 10.6 Å². The lowest BCUT2D eigenvalue weighted by Crippen LogP contribution is -2.47. The molecule has 1 rings (SSSR count). The number of hydrogen-bond acceptors (Lipinski definition) is 4. The molecule has 1 aromatic heterocycles. The summed E-state index contributed by atoms with van der Waals surface area (Å²) in [7, 11) is 0. The molecule has 0 saturated carbocycles. The van der Waals surface area contributed by atoms with Crippen LogP contribution in [0.2, 0.25) is 5.15 Å². The van der Waals surface area contributed by atoms with Crippen LogP contribution in [0.25, 0.3) is 0 Å². The SMILES string of the molecule is CCCc1c(Cl)ncnc1NC(C)C(=O)NC(C)(C)C. The first kappa shape index (κ1) is 16.7. The van der Waals surface area contributed by atoms with E-state index >= 15 is 0 Å². The molecular weight excluding hydrogens is 276 g/mol. The second-order valence-corrected chi connectivity index (χ2v) is 6.20. The lowest BCUT2D eigenvalue weighted by molar-refractivity contribution is -0.122. The van der Waals surface area contributed by atoms with Gasteiger partial charge in [-0.05, 0) is 34.1 Å². The molecule has 0 aliphatic rings. The second kappa shape index (κ2) is 6.88. The van der Waals surface area contributed by atoms with Gasteiger partial charge >= 0.3 is 0 Å². The van der Waals surface area contributed by atoms with Gasteiger partial charge in [0.2, 0.25) is 5.91 Å². The van der Waals surface area contributed by atoms with Gasteiger partial charge in [-0.1, -0.05) is 24.9 Å². The standard InChI is InChI=1S/C14H23ClN4O/c1-6-7-10-11(15)16-8-17-12(10)18-9(2)13(20)19-14(3,4)5/h8-9H,6-7H2,1-5H3,(H,19,20)(H,16,17,18). The first-order chi connectivity index (χ1) is 9.24. The molecule has 0 bridgehead atoms. The van der Waals surface area contributed by atoms with E-state index < -0.39 is 6.04 Å². The van der Waals surface area contributed by atoms with Crippen molar-refractivity contribution < 1.29 is 4.79 Å². The van der Waals surface area contributed by atoms with Crippen LogP contribution >= 0.6 is 11.6 Å². The molecule has 0 aliphatic carbocycles. The monoisotopic (exact) mass is 298 g/mol. The van der Waals surface area contributed by atoms with Crippen LogP contribution in [0.1, 0.15) is 46.6 Å². The number of rotatable bonds is 5. The normalized spacial score (nSPS) is 12.9. The van der Waals surface area contributed by atoms with Crippen LogP contribution in [0.4, 0.5) is 5.82 Å². The summed E-state index contributed by atoms with van der Waals surface area (Å²) < 4.78 is 0. The van der Waals surface area contributed by atoms with Crippen molar-refractivity contribution in [1.82, 2.24) is 15.3 Å². The number of aromatic nitrogens is 2. The van der Waals surface area contributed by atoms with Crippen LogP contribution in [-0.4, -0.2) is 27.5 Å². The second-order valence-electron chi connectivity index (χ2n) is 5.85. The Labute approximate surface area is 125 Å². The maximum atomic E-state index is 12.1. The third-order valence-electron chi connectivity index (χ3n) is 2.64. The van der Waals surface area contributed by atoms with E-state index in [-0.39, 0.29) is 11.4 Å². The van der Waals surface area contributed by atoms with E-state index in [0.717, 1.165) is 18.4 Å². The number of hydrogen-bond donors (Lipinski definition) is 2. The van der Waals surface area contributed by atoms with Crippen LogP contribution in [0.15, 0.2) is 6.33 Å². The minimum absolute atomic E-state index is 0.0744. The minimum Gasteiger partial charge on any atom is -0.358 e. The number of carbonyl (C=O) groups excluding carboxylic acids is 1. The highest BCUT2D eigenvalue weighted by molar-refractivity contribution is 6.30. The van der Waals surface area contributed by atoms with Crippen molar-refractivity contribution in [3.8, 4) is 0 Å². The van der Waals surface area contributed by atoms with Crippen LogP contribution in [0, 0.1) is 0 Å².